The summed E-state index contributed by atoms with van der Waals surface area (Å²) >= 11 is 6.53. The van der Waals surface area contributed by atoms with E-state index in [2.05, 4.69) is 17.4 Å². The number of rotatable bonds is 8. The van der Waals surface area contributed by atoms with Gasteiger partial charge in [-0.1, -0.05) is 41.9 Å². The lowest BCUT2D eigenvalue weighted by Crippen LogP contribution is -2.41. The smallest absolute Gasteiger partial charge is 0.267 e. The predicted molar refractivity (Wildman–Crippen MR) is 136 cm³/mol. The highest BCUT2D eigenvalue weighted by molar-refractivity contribution is 6.34. The van der Waals surface area contributed by atoms with Crippen molar-refractivity contribution in [3.63, 3.8) is 0 Å². The van der Waals surface area contributed by atoms with Gasteiger partial charge in [0, 0.05) is 57.0 Å². The number of benzene rings is 2. The molecule has 2 aromatic heterocycles. The van der Waals surface area contributed by atoms with E-state index >= 15 is 0 Å². The highest BCUT2D eigenvalue weighted by Gasteiger charge is 2.24. The minimum Gasteiger partial charge on any atom is -0.351 e. The maximum absolute atomic E-state index is 13.5. The Kier molecular flexibility index (Phi) is 7.08. The number of hydrogen-bond donors (Lipinski definition) is 1. The average Bonchev–Trinajstić information content (AvgIpc) is 3.42. The minimum atomic E-state index is -0.134. The van der Waals surface area contributed by atoms with Crippen LogP contribution in [0.5, 0.6) is 0 Å². The van der Waals surface area contributed by atoms with Gasteiger partial charge in [0.1, 0.15) is 5.69 Å². The maximum Gasteiger partial charge on any atom is 0.267 e. The fourth-order valence-electron chi connectivity index (χ4n) is 4.27. The zero-order chi connectivity index (χ0) is 24.2. The van der Waals surface area contributed by atoms with Gasteiger partial charge in [-0.2, -0.15) is 0 Å². The van der Waals surface area contributed by atoms with E-state index in [1.165, 1.54) is 0 Å². The normalized spacial score (nSPS) is 12.0. The van der Waals surface area contributed by atoms with E-state index in [4.69, 9.17) is 11.6 Å². The van der Waals surface area contributed by atoms with Crippen LogP contribution >= 0.6 is 11.6 Å². The number of nitrogens with one attached hydrogen (secondary N) is 1. The van der Waals surface area contributed by atoms with Crippen LogP contribution in [0.4, 0.5) is 0 Å². The molecule has 0 aliphatic carbocycles. The van der Waals surface area contributed by atoms with Gasteiger partial charge in [-0.15, -0.1) is 0 Å². The van der Waals surface area contributed by atoms with Crippen molar-refractivity contribution in [2.24, 2.45) is 14.1 Å². The zero-order valence-corrected chi connectivity index (χ0v) is 20.4. The molecule has 1 unspecified atom stereocenters. The third-order valence-electron chi connectivity index (χ3n) is 6.33. The van der Waals surface area contributed by atoms with Crippen molar-refractivity contribution in [3.05, 3.63) is 94.9 Å². The number of amides is 2. The van der Waals surface area contributed by atoms with Crippen molar-refractivity contribution in [1.82, 2.24) is 19.4 Å². The first kappa shape index (κ1) is 23.6. The molecule has 4 aromatic rings. The van der Waals surface area contributed by atoms with Crippen LogP contribution in [0.25, 0.3) is 10.9 Å². The fraction of sp³-hybridized carbons (Fsp3) is 0.259. The first-order valence-electron chi connectivity index (χ1n) is 11.3. The molecule has 0 aliphatic rings. The maximum atomic E-state index is 13.5. The number of hydrogen-bond acceptors (Lipinski definition) is 2. The standard InChI is InChI=1S/C27H29ClN4O2/c1-30-14-7-10-24(30)26(33)29-13-11-21(16-19-8-5-4-6-9-19)32(3)27(34)22-17-20-12-15-31(2)25(20)18-23(22)28/h4-10,12,14-15,17-18,21H,11,13,16H2,1-3H3,(H,29,33). The fourth-order valence-corrected chi connectivity index (χ4v) is 4.51. The predicted octanol–water partition coefficient (Wildman–Crippen LogP) is 4.67. The molecule has 2 amide bonds. The van der Waals surface area contributed by atoms with Crippen LogP contribution in [-0.4, -0.2) is 45.5 Å². The average molecular weight is 477 g/mol. The molecule has 0 bridgehead atoms. The molecule has 7 heteroatoms. The van der Waals surface area contributed by atoms with Crippen LogP contribution in [0.3, 0.4) is 0 Å². The molecule has 6 nitrogen and oxygen atoms in total. The van der Waals surface area contributed by atoms with Gasteiger partial charge >= 0.3 is 0 Å². The SMILES string of the molecule is CN(C(=O)c1cc2ccn(C)c2cc1Cl)C(CCNC(=O)c1cccn1C)Cc1ccccc1. The highest BCUT2D eigenvalue weighted by Crippen LogP contribution is 2.26. The first-order chi connectivity index (χ1) is 16.3. The van der Waals surface area contributed by atoms with Crippen LogP contribution < -0.4 is 5.32 Å². The Hall–Kier alpha value is -3.51. The number of aryl methyl sites for hydroxylation is 2. The molecule has 2 aromatic carbocycles. The molecule has 2 heterocycles. The zero-order valence-electron chi connectivity index (χ0n) is 19.7. The number of likely N-dealkylation sites (N-methyl/N-ethyl adjacent to an activating group) is 1. The molecular weight excluding hydrogens is 448 g/mol. The number of fused-ring (bicyclic) bond motifs is 1. The number of nitrogens with zero attached hydrogens (tertiary/aromatic N) is 3. The summed E-state index contributed by atoms with van der Waals surface area (Å²) in [5.41, 5.74) is 3.19. The Labute approximate surface area is 204 Å². The van der Waals surface area contributed by atoms with Gasteiger partial charge in [0.2, 0.25) is 0 Å². The minimum absolute atomic E-state index is 0.119. The molecule has 176 valence electrons. The van der Waals surface area contributed by atoms with Crippen LogP contribution in [0, 0.1) is 0 Å². The molecule has 0 aliphatic heterocycles. The summed E-state index contributed by atoms with van der Waals surface area (Å²) in [5.74, 6) is -0.261. The molecule has 1 N–H and O–H groups in total. The van der Waals surface area contributed by atoms with Gasteiger partial charge in [0.05, 0.1) is 10.6 Å². The topological polar surface area (TPSA) is 59.3 Å². The lowest BCUT2D eigenvalue weighted by molar-refractivity contribution is 0.0723. The second-order valence-corrected chi connectivity index (χ2v) is 9.03. The molecule has 0 fully saturated rings. The Bertz CT molecular complexity index is 1310. The van der Waals surface area contributed by atoms with Gasteiger partial charge in [0.25, 0.3) is 11.8 Å². The van der Waals surface area contributed by atoms with E-state index in [9.17, 15) is 9.59 Å². The second-order valence-electron chi connectivity index (χ2n) is 8.63. The Balaban J connectivity index is 1.52. The van der Waals surface area contributed by atoms with E-state index in [0.717, 1.165) is 16.5 Å². The molecule has 34 heavy (non-hydrogen) atoms. The van der Waals surface area contributed by atoms with Gasteiger partial charge < -0.3 is 19.4 Å². The van der Waals surface area contributed by atoms with E-state index in [1.54, 1.807) is 22.6 Å². The Morgan fingerprint density at radius 2 is 1.76 bits per heavy atom. The van der Waals surface area contributed by atoms with Crippen molar-refractivity contribution in [3.8, 4) is 0 Å². The van der Waals surface area contributed by atoms with Crippen LogP contribution in [0.1, 0.15) is 32.8 Å². The molecule has 0 saturated carbocycles. The first-order valence-corrected chi connectivity index (χ1v) is 11.7. The summed E-state index contributed by atoms with van der Waals surface area (Å²) in [6.07, 6.45) is 5.08. The van der Waals surface area contributed by atoms with Gasteiger partial charge in [-0.25, -0.2) is 0 Å². The van der Waals surface area contributed by atoms with E-state index in [0.29, 0.717) is 35.7 Å². The third-order valence-corrected chi connectivity index (χ3v) is 6.64. The van der Waals surface area contributed by atoms with Gasteiger partial charge in [-0.05, 0) is 48.7 Å². The van der Waals surface area contributed by atoms with Crippen molar-refractivity contribution in [2.75, 3.05) is 13.6 Å². The van der Waals surface area contributed by atoms with E-state index < -0.39 is 0 Å². The van der Waals surface area contributed by atoms with Crippen molar-refractivity contribution < 1.29 is 9.59 Å². The molecule has 1 atom stereocenters. The van der Waals surface area contributed by atoms with Crippen LogP contribution in [0.15, 0.2) is 73.1 Å². The number of carbonyl (C=O) groups is 2. The van der Waals surface area contributed by atoms with Gasteiger partial charge in [0.15, 0.2) is 0 Å². The number of carbonyl (C=O) groups excluding carboxylic acids is 2. The van der Waals surface area contributed by atoms with Crippen LogP contribution in [0.2, 0.25) is 5.02 Å². The van der Waals surface area contributed by atoms with Gasteiger partial charge in [-0.3, -0.25) is 9.59 Å². The van der Waals surface area contributed by atoms with Crippen molar-refractivity contribution in [2.45, 2.75) is 18.9 Å². The summed E-state index contributed by atoms with van der Waals surface area (Å²) < 4.78 is 3.76. The van der Waals surface area contributed by atoms with E-state index in [-0.39, 0.29) is 17.9 Å². The van der Waals surface area contributed by atoms with Crippen molar-refractivity contribution >= 4 is 34.3 Å². The monoisotopic (exact) mass is 476 g/mol. The molecular formula is C27H29ClN4O2. The molecule has 0 saturated heterocycles. The Morgan fingerprint density at radius 3 is 2.47 bits per heavy atom. The van der Waals surface area contributed by atoms with Crippen LogP contribution in [-0.2, 0) is 20.5 Å². The highest BCUT2D eigenvalue weighted by atomic mass is 35.5. The molecule has 0 radical (unpaired) electrons. The lowest BCUT2D eigenvalue weighted by atomic mass is 10.0. The van der Waals surface area contributed by atoms with Crippen molar-refractivity contribution in [1.29, 1.82) is 0 Å². The third kappa shape index (κ3) is 5.02. The largest absolute Gasteiger partial charge is 0.351 e. The summed E-state index contributed by atoms with van der Waals surface area (Å²) in [5, 5.41) is 4.39. The summed E-state index contributed by atoms with van der Waals surface area (Å²) in [6.45, 7) is 0.449. The summed E-state index contributed by atoms with van der Waals surface area (Å²) in [7, 11) is 5.60. The summed E-state index contributed by atoms with van der Waals surface area (Å²) in [6, 6.07) is 19.2. The molecule has 0 spiro atoms. The van der Waals surface area contributed by atoms with E-state index in [1.807, 2.05) is 73.5 Å². The molecule has 4 rings (SSSR count). The summed E-state index contributed by atoms with van der Waals surface area (Å²) in [4.78, 5) is 27.8. The number of halogens is 1. The Morgan fingerprint density at radius 1 is 1.00 bits per heavy atom. The number of aromatic nitrogens is 2. The second kappa shape index (κ2) is 10.2. The lowest BCUT2D eigenvalue weighted by Gasteiger charge is -2.29. The quantitative estimate of drug-likeness (QED) is 0.401.